The van der Waals surface area contributed by atoms with Gasteiger partial charge in [0.2, 0.25) is 0 Å². The van der Waals surface area contributed by atoms with Crippen molar-refractivity contribution in [2.45, 2.75) is 6.54 Å². The van der Waals surface area contributed by atoms with Crippen molar-refractivity contribution in [1.29, 1.82) is 0 Å². The number of nitrogens with one attached hydrogen (secondary N) is 2. The van der Waals surface area contributed by atoms with Crippen molar-refractivity contribution >= 4 is 22.3 Å². The first-order valence-corrected chi connectivity index (χ1v) is 6.44. The Balaban J connectivity index is 2.02. The molecule has 3 rings (SSSR count). The van der Waals surface area contributed by atoms with E-state index in [1.54, 1.807) is 18.5 Å². The molecule has 22 heavy (non-hydrogen) atoms. The molecule has 0 atom stereocenters. The largest absolute Gasteiger partial charge is 0.375 e. The third kappa shape index (κ3) is 2.62. The Morgan fingerprint density at radius 3 is 2.95 bits per heavy atom. The maximum atomic E-state index is 11.7. The zero-order chi connectivity index (χ0) is 15.5. The van der Waals surface area contributed by atoms with Crippen LogP contribution < -0.4 is 10.9 Å². The number of aromatic amines is 1. The first-order valence-electron chi connectivity index (χ1n) is 6.44. The molecule has 1 aromatic carbocycles. The van der Waals surface area contributed by atoms with E-state index in [4.69, 9.17) is 0 Å². The molecule has 0 unspecified atom stereocenters. The average Bonchev–Trinajstić information content (AvgIpc) is 2.53. The summed E-state index contributed by atoms with van der Waals surface area (Å²) in [6.45, 7) is 0.378. The molecule has 2 N–H and O–H groups in total. The van der Waals surface area contributed by atoms with Crippen LogP contribution in [0.1, 0.15) is 5.56 Å². The van der Waals surface area contributed by atoms with Crippen molar-refractivity contribution in [3.63, 3.8) is 0 Å². The molecule has 3 aromatic rings. The minimum absolute atomic E-state index is 0.171. The van der Waals surface area contributed by atoms with Crippen molar-refractivity contribution in [1.82, 2.24) is 15.0 Å². The lowest BCUT2D eigenvalue weighted by Crippen LogP contribution is -2.09. The number of H-pyrrole nitrogens is 1. The van der Waals surface area contributed by atoms with Gasteiger partial charge in [0.15, 0.2) is 0 Å². The van der Waals surface area contributed by atoms with Gasteiger partial charge in [0, 0.05) is 25.0 Å². The van der Waals surface area contributed by atoms with E-state index in [-0.39, 0.29) is 11.1 Å². The quantitative estimate of drug-likeness (QED) is 0.561. The van der Waals surface area contributed by atoms with E-state index in [1.165, 1.54) is 18.5 Å². The van der Waals surface area contributed by atoms with Gasteiger partial charge in [-0.2, -0.15) is 0 Å². The number of anilines is 1. The number of hydrogen-bond acceptors (Lipinski definition) is 6. The van der Waals surface area contributed by atoms with Gasteiger partial charge < -0.3 is 10.3 Å². The molecule has 0 aliphatic rings. The summed E-state index contributed by atoms with van der Waals surface area (Å²) >= 11 is 0. The lowest BCUT2D eigenvalue weighted by Gasteiger charge is -2.08. The van der Waals surface area contributed by atoms with E-state index in [0.29, 0.717) is 17.7 Å². The fourth-order valence-electron chi connectivity index (χ4n) is 2.10. The van der Waals surface area contributed by atoms with Crippen molar-refractivity contribution in [2.24, 2.45) is 0 Å². The van der Waals surface area contributed by atoms with Gasteiger partial charge in [-0.15, -0.1) is 0 Å². The van der Waals surface area contributed by atoms with Crippen LogP contribution in [-0.4, -0.2) is 19.9 Å². The molecule has 0 radical (unpaired) electrons. The second-order valence-electron chi connectivity index (χ2n) is 4.59. The van der Waals surface area contributed by atoms with Crippen LogP contribution >= 0.6 is 0 Å². The molecule has 2 aromatic heterocycles. The number of benzene rings is 1. The van der Waals surface area contributed by atoms with Crippen LogP contribution in [0.25, 0.3) is 10.9 Å². The van der Waals surface area contributed by atoms with Gasteiger partial charge in [-0.25, -0.2) is 4.98 Å². The monoisotopic (exact) mass is 297 g/mol. The van der Waals surface area contributed by atoms with Gasteiger partial charge in [-0.1, -0.05) is 6.07 Å². The third-order valence-corrected chi connectivity index (χ3v) is 3.16. The van der Waals surface area contributed by atoms with Crippen LogP contribution in [0.3, 0.4) is 0 Å². The van der Waals surface area contributed by atoms with Crippen LogP contribution in [0, 0.1) is 10.1 Å². The highest BCUT2D eigenvalue weighted by molar-refractivity contribution is 5.86. The van der Waals surface area contributed by atoms with E-state index in [2.05, 4.69) is 20.3 Å². The third-order valence-electron chi connectivity index (χ3n) is 3.16. The molecule has 0 saturated heterocycles. The first kappa shape index (κ1) is 13.7. The number of fused-ring (bicyclic) bond motifs is 1. The number of nitro groups is 1. The summed E-state index contributed by atoms with van der Waals surface area (Å²) < 4.78 is 0. The molecule has 0 aliphatic carbocycles. The van der Waals surface area contributed by atoms with Gasteiger partial charge in [0.25, 0.3) is 11.2 Å². The van der Waals surface area contributed by atoms with Gasteiger partial charge in [0.05, 0.1) is 22.2 Å². The second-order valence-corrected chi connectivity index (χ2v) is 4.59. The molecule has 110 valence electrons. The standard InChI is InChI=1S/C14H11N5O3/c20-14-10-4-13(19(21)22)12(5-11(10)17-8-18-14)16-7-9-2-1-3-15-6-9/h1-6,8,16H,7H2,(H,17,18,20). The highest BCUT2D eigenvalue weighted by Crippen LogP contribution is 2.28. The van der Waals surface area contributed by atoms with Gasteiger partial charge >= 0.3 is 0 Å². The normalized spacial score (nSPS) is 10.5. The zero-order valence-corrected chi connectivity index (χ0v) is 11.3. The Labute approximate surface area is 124 Å². The zero-order valence-electron chi connectivity index (χ0n) is 11.3. The summed E-state index contributed by atoms with van der Waals surface area (Å²) in [6, 6.07) is 6.37. The van der Waals surface area contributed by atoms with Crippen LogP contribution in [0.5, 0.6) is 0 Å². The SMILES string of the molecule is O=c1[nH]cnc2cc(NCc3cccnc3)c([N+](=O)[O-])cc12. The van der Waals surface area contributed by atoms with E-state index in [9.17, 15) is 14.9 Å². The summed E-state index contributed by atoms with van der Waals surface area (Å²) in [5.41, 5.74) is 1.00. The highest BCUT2D eigenvalue weighted by atomic mass is 16.6. The second kappa shape index (κ2) is 5.60. The first-order chi connectivity index (χ1) is 10.6. The summed E-state index contributed by atoms with van der Waals surface area (Å²) in [5, 5.41) is 14.4. The summed E-state index contributed by atoms with van der Waals surface area (Å²) in [7, 11) is 0. The Hall–Kier alpha value is -3.29. The molecule has 2 heterocycles. The van der Waals surface area contributed by atoms with Gasteiger partial charge in [-0.3, -0.25) is 19.9 Å². The molecule has 0 fully saturated rings. The van der Waals surface area contributed by atoms with Crippen LogP contribution in [0.15, 0.2) is 47.8 Å². The maximum Gasteiger partial charge on any atom is 0.293 e. The number of hydrogen-bond donors (Lipinski definition) is 2. The van der Waals surface area contributed by atoms with Crippen molar-refractivity contribution < 1.29 is 4.92 Å². The Morgan fingerprint density at radius 2 is 2.23 bits per heavy atom. The fraction of sp³-hybridized carbons (Fsp3) is 0.0714. The van der Waals surface area contributed by atoms with Crippen LogP contribution in [0.4, 0.5) is 11.4 Å². The fourth-order valence-corrected chi connectivity index (χ4v) is 2.10. The molecule has 0 aliphatic heterocycles. The molecular weight excluding hydrogens is 286 g/mol. The van der Waals surface area contributed by atoms with Gasteiger partial charge in [0.1, 0.15) is 5.69 Å². The molecule has 0 spiro atoms. The molecule has 8 nitrogen and oxygen atoms in total. The predicted molar refractivity (Wildman–Crippen MR) is 80.6 cm³/mol. The average molecular weight is 297 g/mol. The minimum Gasteiger partial charge on any atom is -0.375 e. The lowest BCUT2D eigenvalue weighted by molar-refractivity contribution is -0.383. The number of rotatable bonds is 4. The predicted octanol–water partition coefficient (Wildman–Crippen LogP) is 1.84. The Kier molecular flexibility index (Phi) is 3.48. The van der Waals surface area contributed by atoms with Crippen molar-refractivity contribution in [2.75, 3.05) is 5.32 Å². The van der Waals surface area contributed by atoms with Crippen LogP contribution in [0.2, 0.25) is 0 Å². The van der Waals surface area contributed by atoms with E-state index >= 15 is 0 Å². The van der Waals surface area contributed by atoms with Crippen LogP contribution in [-0.2, 0) is 6.54 Å². The van der Waals surface area contributed by atoms with Crippen molar-refractivity contribution in [3.05, 3.63) is 69.0 Å². The number of nitrogens with zero attached hydrogens (tertiary/aromatic N) is 3. The topological polar surface area (TPSA) is 114 Å². The van der Waals surface area contributed by atoms with Crippen molar-refractivity contribution in [3.8, 4) is 0 Å². The highest BCUT2D eigenvalue weighted by Gasteiger charge is 2.17. The Bertz CT molecular complexity index is 892. The molecular formula is C14H11N5O3. The lowest BCUT2D eigenvalue weighted by atomic mass is 10.2. The number of pyridine rings is 1. The molecule has 8 heteroatoms. The smallest absolute Gasteiger partial charge is 0.293 e. The summed E-state index contributed by atoms with van der Waals surface area (Å²) in [5.74, 6) is 0. The molecule has 0 saturated carbocycles. The van der Waals surface area contributed by atoms with E-state index in [0.717, 1.165) is 5.56 Å². The minimum atomic E-state index is -0.530. The van der Waals surface area contributed by atoms with E-state index in [1.807, 2.05) is 6.07 Å². The Morgan fingerprint density at radius 1 is 1.36 bits per heavy atom. The molecule has 0 amide bonds. The summed E-state index contributed by atoms with van der Waals surface area (Å²) in [4.78, 5) is 32.8. The maximum absolute atomic E-state index is 11.7. The molecule has 0 bridgehead atoms. The van der Waals surface area contributed by atoms with E-state index < -0.39 is 10.5 Å². The summed E-state index contributed by atoms with van der Waals surface area (Å²) in [6.07, 6.45) is 4.59. The number of aromatic nitrogens is 3. The number of nitro benzene ring substituents is 1. The van der Waals surface area contributed by atoms with Gasteiger partial charge in [-0.05, 0) is 17.7 Å².